The molecule has 22 heavy (non-hydrogen) atoms. The monoisotopic (exact) mass is 325 g/mol. The van der Waals surface area contributed by atoms with Crippen molar-refractivity contribution in [3.05, 3.63) is 35.9 Å². The smallest absolute Gasteiger partial charge is 0.308 e. The van der Waals surface area contributed by atoms with E-state index in [4.69, 9.17) is 5.11 Å². The fourth-order valence-corrected chi connectivity index (χ4v) is 3.63. The number of aliphatic carboxylic acids is 1. The van der Waals surface area contributed by atoms with Crippen LogP contribution in [0.1, 0.15) is 12.0 Å². The highest BCUT2D eigenvalue weighted by Crippen LogP contribution is 2.20. The first-order valence-electron chi connectivity index (χ1n) is 7.03. The van der Waals surface area contributed by atoms with Crippen LogP contribution >= 0.6 is 0 Å². The lowest BCUT2D eigenvalue weighted by Crippen LogP contribution is -2.43. The Morgan fingerprint density at radius 1 is 1.32 bits per heavy atom. The third-order valence-electron chi connectivity index (χ3n) is 3.91. The molecule has 1 amide bonds. The molecule has 0 saturated carbocycles. The standard InChI is InChI=1S/C15H19NO5S/c1-22(20,21)13(9-11-5-3-2-4-6-11)14(17)16-8-7-12(10-16)15(18)19/h2-6,12-13H,7-10H2,1H3,(H,18,19)/t12-,13-/m0/s1. The topological polar surface area (TPSA) is 91.8 Å². The van der Waals surface area contributed by atoms with Crippen molar-refractivity contribution in [1.29, 1.82) is 0 Å². The molecule has 0 spiro atoms. The number of carboxylic acid groups (broad SMARTS) is 1. The van der Waals surface area contributed by atoms with Crippen molar-refractivity contribution in [1.82, 2.24) is 4.90 Å². The second-order valence-electron chi connectivity index (χ2n) is 5.62. The Hall–Kier alpha value is -1.89. The Labute approximate surface area is 129 Å². The van der Waals surface area contributed by atoms with Crippen LogP contribution < -0.4 is 0 Å². The summed E-state index contributed by atoms with van der Waals surface area (Å²) in [5.74, 6) is -2.06. The number of carbonyl (C=O) groups excluding carboxylic acids is 1. The van der Waals surface area contributed by atoms with E-state index in [0.29, 0.717) is 6.42 Å². The van der Waals surface area contributed by atoms with Crippen LogP contribution in [0.3, 0.4) is 0 Å². The quantitative estimate of drug-likeness (QED) is 0.855. The summed E-state index contributed by atoms with van der Waals surface area (Å²) in [6, 6.07) is 8.94. The van der Waals surface area contributed by atoms with E-state index in [0.717, 1.165) is 11.8 Å². The zero-order valence-corrected chi connectivity index (χ0v) is 13.1. The van der Waals surface area contributed by atoms with Crippen molar-refractivity contribution in [2.45, 2.75) is 18.1 Å². The zero-order valence-electron chi connectivity index (χ0n) is 12.3. The van der Waals surface area contributed by atoms with Crippen LogP contribution in [-0.4, -0.2) is 54.9 Å². The minimum atomic E-state index is -3.58. The van der Waals surface area contributed by atoms with Crippen molar-refractivity contribution in [2.24, 2.45) is 5.92 Å². The van der Waals surface area contributed by atoms with Crippen molar-refractivity contribution < 1.29 is 23.1 Å². The highest BCUT2D eigenvalue weighted by Gasteiger charge is 2.37. The maximum atomic E-state index is 12.5. The molecule has 0 aromatic heterocycles. The number of rotatable bonds is 5. The SMILES string of the molecule is CS(=O)(=O)[C@@H](Cc1ccccc1)C(=O)N1CC[C@H](C(=O)O)C1. The lowest BCUT2D eigenvalue weighted by molar-refractivity contribution is -0.141. The maximum Gasteiger partial charge on any atom is 0.308 e. The van der Waals surface area contributed by atoms with Crippen LogP contribution in [0.25, 0.3) is 0 Å². The number of hydrogen-bond donors (Lipinski definition) is 1. The second kappa shape index (κ2) is 6.48. The van der Waals surface area contributed by atoms with Crippen molar-refractivity contribution in [3.63, 3.8) is 0 Å². The van der Waals surface area contributed by atoms with Gasteiger partial charge in [-0.15, -0.1) is 0 Å². The first-order valence-corrected chi connectivity index (χ1v) is 8.99. The molecular weight excluding hydrogens is 306 g/mol. The van der Waals surface area contributed by atoms with E-state index in [1.165, 1.54) is 4.90 Å². The fourth-order valence-electron chi connectivity index (χ4n) is 2.62. The van der Waals surface area contributed by atoms with Gasteiger partial charge in [-0.25, -0.2) is 8.42 Å². The molecule has 1 aliphatic heterocycles. The molecular formula is C15H19NO5S. The molecule has 1 heterocycles. The van der Waals surface area contributed by atoms with E-state index in [1.807, 2.05) is 6.07 Å². The largest absolute Gasteiger partial charge is 0.481 e. The average molecular weight is 325 g/mol. The Bertz CT molecular complexity index is 656. The molecule has 0 aliphatic carbocycles. The van der Waals surface area contributed by atoms with E-state index in [1.54, 1.807) is 24.3 Å². The van der Waals surface area contributed by atoms with Crippen LogP contribution in [0.5, 0.6) is 0 Å². The van der Waals surface area contributed by atoms with Gasteiger partial charge in [-0.3, -0.25) is 9.59 Å². The minimum absolute atomic E-state index is 0.0783. The van der Waals surface area contributed by atoms with Crippen molar-refractivity contribution in [2.75, 3.05) is 19.3 Å². The van der Waals surface area contributed by atoms with Gasteiger partial charge in [0.2, 0.25) is 5.91 Å². The molecule has 1 N–H and O–H groups in total. The summed E-state index contributed by atoms with van der Waals surface area (Å²) in [5, 5.41) is 7.83. The van der Waals surface area contributed by atoms with Crippen LogP contribution in [0, 0.1) is 5.92 Å². The average Bonchev–Trinajstić information content (AvgIpc) is 2.94. The van der Waals surface area contributed by atoms with Gasteiger partial charge in [0, 0.05) is 19.3 Å². The summed E-state index contributed by atoms with van der Waals surface area (Å²) in [4.78, 5) is 24.8. The van der Waals surface area contributed by atoms with E-state index < -0.39 is 32.9 Å². The predicted molar refractivity (Wildman–Crippen MR) is 81.1 cm³/mol. The van der Waals surface area contributed by atoms with Gasteiger partial charge in [-0.05, 0) is 18.4 Å². The molecule has 2 atom stereocenters. The summed E-state index contributed by atoms with van der Waals surface area (Å²) in [6.45, 7) is 0.367. The Morgan fingerprint density at radius 3 is 2.45 bits per heavy atom. The normalized spacial score (nSPS) is 19.9. The summed E-state index contributed by atoms with van der Waals surface area (Å²) < 4.78 is 24.0. The number of amides is 1. The highest BCUT2D eigenvalue weighted by atomic mass is 32.2. The number of carboxylic acids is 1. The number of benzene rings is 1. The zero-order chi connectivity index (χ0) is 16.3. The third kappa shape index (κ3) is 3.85. The maximum absolute atomic E-state index is 12.5. The van der Waals surface area contributed by atoms with Gasteiger partial charge in [0.05, 0.1) is 5.92 Å². The van der Waals surface area contributed by atoms with Crippen LogP contribution in [-0.2, 0) is 25.8 Å². The van der Waals surface area contributed by atoms with Crippen LogP contribution in [0.15, 0.2) is 30.3 Å². The number of carbonyl (C=O) groups is 2. The number of hydrogen-bond acceptors (Lipinski definition) is 4. The molecule has 1 aromatic rings. The van der Waals surface area contributed by atoms with E-state index in [-0.39, 0.29) is 19.5 Å². The summed E-state index contributed by atoms with van der Waals surface area (Å²) in [6.07, 6.45) is 1.51. The highest BCUT2D eigenvalue weighted by molar-refractivity contribution is 7.92. The first-order chi connectivity index (χ1) is 10.3. The van der Waals surface area contributed by atoms with E-state index in [9.17, 15) is 18.0 Å². The van der Waals surface area contributed by atoms with Gasteiger partial charge in [0.25, 0.3) is 0 Å². The molecule has 0 unspecified atom stereocenters. The van der Waals surface area contributed by atoms with E-state index >= 15 is 0 Å². The predicted octanol–water partition coefficient (Wildman–Crippen LogP) is 0.575. The molecule has 120 valence electrons. The molecule has 1 fully saturated rings. The van der Waals surface area contributed by atoms with Gasteiger partial charge in [0.1, 0.15) is 5.25 Å². The lowest BCUT2D eigenvalue weighted by Gasteiger charge is -2.22. The summed E-state index contributed by atoms with van der Waals surface area (Å²) in [7, 11) is -3.58. The number of sulfone groups is 1. The van der Waals surface area contributed by atoms with Gasteiger partial charge < -0.3 is 10.0 Å². The third-order valence-corrected chi connectivity index (χ3v) is 5.31. The van der Waals surface area contributed by atoms with Gasteiger partial charge in [0.15, 0.2) is 9.84 Å². The molecule has 1 aliphatic rings. The fraction of sp³-hybridized carbons (Fsp3) is 0.467. The molecule has 1 aromatic carbocycles. The lowest BCUT2D eigenvalue weighted by atomic mass is 10.1. The molecule has 2 rings (SSSR count). The van der Waals surface area contributed by atoms with Gasteiger partial charge in [-0.1, -0.05) is 30.3 Å². The Kier molecular flexibility index (Phi) is 4.85. The van der Waals surface area contributed by atoms with Crippen LogP contribution in [0.4, 0.5) is 0 Å². The Morgan fingerprint density at radius 2 is 1.95 bits per heavy atom. The molecule has 0 radical (unpaired) electrons. The molecule has 1 saturated heterocycles. The number of likely N-dealkylation sites (tertiary alicyclic amines) is 1. The minimum Gasteiger partial charge on any atom is -0.481 e. The molecule has 0 bridgehead atoms. The van der Waals surface area contributed by atoms with E-state index in [2.05, 4.69) is 0 Å². The first kappa shape index (κ1) is 16.5. The van der Waals surface area contributed by atoms with Crippen molar-refractivity contribution in [3.8, 4) is 0 Å². The Balaban J connectivity index is 2.16. The summed E-state index contributed by atoms with van der Waals surface area (Å²) in [5.41, 5.74) is 0.764. The molecule has 7 heteroatoms. The molecule has 6 nitrogen and oxygen atoms in total. The van der Waals surface area contributed by atoms with Crippen LogP contribution in [0.2, 0.25) is 0 Å². The summed E-state index contributed by atoms with van der Waals surface area (Å²) >= 11 is 0. The number of nitrogens with zero attached hydrogens (tertiary/aromatic N) is 1. The van der Waals surface area contributed by atoms with Crippen molar-refractivity contribution >= 4 is 21.7 Å². The second-order valence-corrected chi connectivity index (χ2v) is 7.84. The van der Waals surface area contributed by atoms with Gasteiger partial charge in [-0.2, -0.15) is 0 Å². The van der Waals surface area contributed by atoms with Gasteiger partial charge >= 0.3 is 5.97 Å².